The molecule has 130 valence electrons. The Morgan fingerprint density at radius 2 is 1.50 bits per heavy atom. The molecule has 3 rings (SSSR count). The molecular weight excluding hydrogens is 328 g/mol. The van der Waals surface area contributed by atoms with E-state index in [1.165, 1.54) is 18.6 Å². The van der Waals surface area contributed by atoms with Crippen molar-refractivity contribution in [1.82, 2.24) is 9.97 Å². The predicted molar refractivity (Wildman–Crippen MR) is 101 cm³/mol. The Bertz CT molecular complexity index is 905. The number of nitrogens with one attached hydrogen (secondary N) is 1. The molecule has 0 saturated carbocycles. The Balaban J connectivity index is 1.70. The van der Waals surface area contributed by atoms with Gasteiger partial charge in [-0.1, -0.05) is 0 Å². The molecule has 1 N–H and O–H groups in total. The van der Waals surface area contributed by atoms with Gasteiger partial charge in [-0.3, -0.25) is 14.6 Å². The average molecular weight is 346 g/mol. The maximum atomic E-state index is 12.6. The van der Waals surface area contributed by atoms with E-state index in [1.54, 1.807) is 36.4 Å². The number of rotatable bonds is 5. The Morgan fingerprint density at radius 1 is 0.885 bits per heavy atom. The molecule has 0 fully saturated rings. The second-order valence-corrected chi connectivity index (χ2v) is 5.89. The average Bonchev–Trinajstić information content (AvgIpc) is 2.69. The summed E-state index contributed by atoms with van der Waals surface area (Å²) in [7, 11) is 3.90. The normalized spacial score (nSPS) is 10.2. The number of carbonyl (C=O) groups is 2. The molecule has 1 amide bonds. The molecule has 0 bridgehead atoms. The van der Waals surface area contributed by atoms with E-state index in [4.69, 9.17) is 0 Å². The van der Waals surface area contributed by atoms with Crippen molar-refractivity contribution in [2.75, 3.05) is 24.3 Å². The highest BCUT2D eigenvalue weighted by atomic mass is 16.2. The monoisotopic (exact) mass is 346 g/mol. The number of ketones is 1. The van der Waals surface area contributed by atoms with E-state index in [1.807, 2.05) is 31.1 Å². The van der Waals surface area contributed by atoms with Crippen LogP contribution in [0.5, 0.6) is 0 Å². The lowest BCUT2D eigenvalue weighted by Crippen LogP contribution is -2.14. The second kappa shape index (κ2) is 7.57. The van der Waals surface area contributed by atoms with Crippen LogP contribution in [0.25, 0.3) is 0 Å². The van der Waals surface area contributed by atoms with Crippen LogP contribution < -0.4 is 10.2 Å². The predicted octanol–water partition coefficient (Wildman–Crippen LogP) is 3.03. The summed E-state index contributed by atoms with van der Waals surface area (Å²) in [6.45, 7) is 0. The van der Waals surface area contributed by atoms with Crippen molar-refractivity contribution in [3.8, 4) is 0 Å². The highest BCUT2D eigenvalue weighted by molar-refractivity contribution is 6.09. The topological polar surface area (TPSA) is 75.2 Å². The van der Waals surface area contributed by atoms with Crippen LogP contribution in [0.1, 0.15) is 26.4 Å². The number of anilines is 2. The molecule has 6 nitrogen and oxygen atoms in total. The van der Waals surface area contributed by atoms with Gasteiger partial charge < -0.3 is 10.2 Å². The third-order valence-electron chi connectivity index (χ3n) is 3.85. The SMILES string of the molecule is CN(C)c1ccc(C(=O)c2ccc(NC(=O)c3cnccn3)cc2)cc1. The quantitative estimate of drug-likeness (QED) is 0.719. The first-order valence-corrected chi connectivity index (χ1v) is 8.04. The first-order valence-electron chi connectivity index (χ1n) is 8.04. The molecule has 0 aliphatic rings. The van der Waals surface area contributed by atoms with Gasteiger partial charge in [0.05, 0.1) is 6.20 Å². The number of carbonyl (C=O) groups excluding carboxylic acids is 2. The molecule has 1 aromatic heterocycles. The van der Waals surface area contributed by atoms with E-state index in [2.05, 4.69) is 15.3 Å². The first kappa shape index (κ1) is 17.3. The van der Waals surface area contributed by atoms with Crippen LogP contribution in [0.4, 0.5) is 11.4 Å². The highest BCUT2D eigenvalue weighted by Crippen LogP contribution is 2.17. The summed E-state index contributed by atoms with van der Waals surface area (Å²) in [6, 6.07) is 14.2. The molecule has 0 aliphatic carbocycles. The van der Waals surface area contributed by atoms with Crippen LogP contribution in [0, 0.1) is 0 Å². The van der Waals surface area contributed by atoms with Gasteiger partial charge in [0.15, 0.2) is 5.78 Å². The summed E-state index contributed by atoms with van der Waals surface area (Å²) in [5, 5.41) is 2.73. The van der Waals surface area contributed by atoms with Gasteiger partial charge in [-0.25, -0.2) is 4.98 Å². The van der Waals surface area contributed by atoms with Crippen molar-refractivity contribution < 1.29 is 9.59 Å². The van der Waals surface area contributed by atoms with Crippen molar-refractivity contribution in [3.05, 3.63) is 83.9 Å². The molecule has 0 saturated heterocycles. The van der Waals surface area contributed by atoms with Gasteiger partial charge in [-0.2, -0.15) is 0 Å². The summed E-state index contributed by atoms with van der Waals surface area (Å²) in [5.74, 6) is -0.418. The molecule has 3 aromatic rings. The van der Waals surface area contributed by atoms with Crippen molar-refractivity contribution in [2.24, 2.45) is 0 Å². The van der Waals surface area contributed by atoms with E-state index >= 15 is 0 Å². The maximum Gasteiger partial charge on any atom is 0.275 e. The van der Waals surface area contributed by atoms with E-state index < -0.39 is 0 Å². The molecule has 2 aromatic carbocycles. The third-order valence-corrected chi connectivity index (χ3v) is 3.85. The van der Waals surface area contributed by atoms with Gasteiger partial charge in [0, 0.05) is 49.0 Å². The third kappa shape index (κ3) is 3.92. The number of aromatic nitrogens is 2. The first-order chi connectivity index (χ1) is 12.5. The van der Waals surface area contributed by atoms with Gasteiger partial charge >= 0.3 is 0 Å². The largest absolute Gasteiger partial charge is 0.378 e. The van der Waals surface area contributed by atoms with E-state index in [-0.39, 0.29) is 17.4 Å². The van der Waals surface area contributed by atoms with Gasteiger partial charge in [-0.05, 0) is 48.5 Å². The van der Waals surface area contributed by atoms with Gasteiger partial charge in [0.2, 0.25) is 0 Å². The summed E-state index contributed by atoms with van der Waals surface area (Å²) < 4.78 is 0. The van der Waals surface area contributed by atoms with Crippen molar-refractivity contribution >= 4 is 23.1 Å². The molecule has 1 heterocycles. The lowest BCUT2D eigenvalue weighted by molar-refractivity contribution is 0.101. The summed E-state index contributed by atoms with van der Waals surface area (Å²) in [4.78, 5) is 34.4. The minimum absolute atomic E-state index is 0.0675. The fraction of sp³-hybridized carbons (Fsp3) is 0.100. The number of hydrogen-bond acceptors (Lipinski definition) is 5. The van der Waals surface area contributed by atoms with E-state index in [9.17, 15) is 9.59 Å². The van der Waals surface area contributed by atoms with Crippen LogP contribution in [0.3, 0.4) is 0 Å². The molecule has 0 unspecified atom stereocenters. The van der Waals surface area contributed by atoms with Crippen LogP contribution in [-0.4, -0.2) is 35.8 Å². The Kier molecular flexibility index (Phi) is 5.03. The van der Waals surface area contributed by atoms with Gasteiger partial charge in [0.25, 0.3) is 5.91 Å². The molecule has 26 heavy (non-hydrogen) atoms. The number of amides is 1. The standard InChI is InChI=1S/C20H18N4O2/c1-24(2)17-9-5-15(6-10-17)19(25)14-3-7-16(8-4-14)23-20(26)18-13-21-11-12-22-18/h3-13H,1-2H3,(H,23,26). The van der Waals surface area contributed by atoms with Crippen molar-refractivity contribution in [3.63, 3.8) is 0 Å². The Morgan fingerprint density at radius 3 is 2.04 bits per heavy atom. The highest BCUT2D eigenvalue weighted by Gasteiger charge is 2.11. The fourth-order valence-corrected chi connectivity index (χ4v) is 2.39. The smallest absolute Gasteiger partial charge is 0.275 e. The minimum Gasteiger partial charge on any atom is -0.378 e. The molecular formula is C20H18N4O2. The summed E-state index contributed by atoms with van der Waals surface area (Å²) in [6.07, 6.45) is 4.35. The second-order valence-electron chi connectivity index (χ2n) is 5.89. The number of hydrogen-bond donors (Lipinski definition) is 1. The molecule has 0 radical (unpaired) electrons. The zero-order valence-corrected chi connectivity index (χ0v) is 14.5. The van der Waals surface area contributed by atoms with Crippen LogP contribution in [-0.2, 0) is 0 Å². The molecule has 0 aliphatic heterocycles. The zero-order valence-electron chi connectivity index (χ0n) is 14.5. The number of nitrogens with zero attached hydrogens (tertiary/aromatic N) is 3. The van der Waals surface area contributed by atoms with Crippen LogP contribution in [0.2, 0.25) is 0 Å². The zero-order chi connectivity index (χ0) is 18.5. The summed E-state index contributed by atoms with van der Waals surface area (Å²) in [5.41, 5.74) is 3.02. The van der Waals surface area contributed by atoms with Crippen molar-refractivity contribution in [2.45, 2.75) is 0 Å². The Labute approximate surface area is 151 Å². The van der Waals surface area contributed by atoms with Gasteiger partial charge in [0.1, 0.15) is 5.69 Å². The maximum absolute atomic E-state index is 12.6. The minimum atomic E-state index is -0.351. The molecule has 0 spiro atoms. The lowest BCUT2D eigenvalue weighted by atomic mass is 10.0. The summed E-state index contributed by atoms with van der Waals surface area (Å²) >= 11 is 0. The van der Waals surface area contributed by atoms with E-state index in [0.717, 1.165) is 5.69 Å². The lowest BCUT2D eigenvalue weighted by Gasteiger charge is -2.12. The van der Waals surface area contributed by atoms with Crippen LogP contribution >= 0.6 is 0 Å². The fourth-order valence-electron chi connectivity index (χ4n) is 2.39. The van der Waals surface area contributed by atoms with Crippen molar-refractivity contribution in [1.29, 1.82) is 0 Å². The molecule has 6 heteroatoms. The molecule has 0 atom stereocenters. The number of benzene rings is 2. The van der Waals surface area contributed by atoms with Crippen LogP contribution in [0.15, 0.2) is 67.1 Å². The van der Waals surface area contributed by atoms with Gasteiger partial charge in [-0.15, -0.1) is 0 Å². The van der Waals surface area contributed by atoms with E-state index in [0.29, 0.717) is 16.8 Å². The Hall–Kier alpha value is -3.54.